The highest BCUT2D eigenvalue weighted by atomic mass is 35.5. The summed E-state index contributed by atoms with van der Waals surface area (Å²) in [5.74, 6) is -0.0919. The Kier molecular flexibility index (Phi) is 6.56. The number of nitrogens with one attached hydrogen (secondary N) is 1. The maximum atomic E-state index is 11.0. The van der Waals surface area contributed by atoms with Crippen molar-refractivity contribution in [1.29, 1.82) is 0 Å². The molecule has 0 bridgehead atoms. The van der Waals surface area contributed by atoms with Gasteiger partial charge in [0.2, 0.25) is 5.91 Å². The summed E-state index contributed by atoms with van der Waals surface area (Å²) in [6, 6.07) is 4.35. The number of nitrogens with two attached hydrogens (primary N) is 1. The van der Waals surface area contributed by atoms with Crippen LogP contribution in [0.1, 0.15) is 16.7 Å². The number of amides is 1. The Hall–Kier alpha value is -0.580. The summed E-state index contributed by atoms with van der Waals surface area (Å²) >= 11 is 1.77. The van der Waals surface area contributed by atoms with Crippen LogP contribution in [0.4, 0.5) is 0 Å². The zero-order valence-electron chi connectivity index (χ0n) is 8.95. The van der Waals surface area contributed by atoms with Gasteiger partial charge in [-0.05, 0) is 26.0 Å². The second-order valence-corrected chi connectivity index (χ2v) is 4.76. The average molecular weight is 249 g/mol. The third kappa shape index (κ3) is 5.16. The molecule has 3 N–H and O–H groups in total. The fourth-order valence-electron chi connectivity index (χ4n) is 1.28. The van der Waals surface area contributed by atoms with E-state index in [2.05, 4.69) is 24.4 Å². The van der Waals surface area contributed by atoms with Gasteiger partial charge in [-0.15, -0.1) is 23.7 Å². The van der Waals surface area contributed by atoms with Gasteiger partial charge in [0, 0.05) is 22.2 Å². The Bertz CT molecular complexity index is 314. The molecule has 0 aliphatic rings. The number of aryl methyl sites for hydroxylation is 1. The summed E-state index contributed by atoms with van der Waals surface area (Å²) in [5.41, 5.74) is 5.21. The topological polar surface area (TPSA) is 55.1 Å². The Morgan fingerprint density at radius 1 is 1.60 bits per heavy atom. The minimum Gasteiger partial charge on any atom is -0.352 e. The number of rotatable bonds is 4. The normalized spacial score (nSPS) is 11.7. The summed E-state index contributed by atoms with van der Waals surface area (Å²) in [4.78, 5) is 13.6. The summed E-state index contributed by atoms with van der Waals surface area (Å²) < 4.78 is 0. The van der Waals surface area contributed by atoms with Crippen LogP contribution in [0.5, 0.6) is 0 Å². The molecule has 0 spiro atoms. The maximum absolute atomic E-state index is 11.0. The number of hydrogen-bond donors (Lipinski definition) is 2. The number of carbonyl (C=O) groups excluding carboxylic acids is 1. The van der Waals surface area contributed by atoms with Crippen molar-refractivity contribution in [2.45, 2.75) is 26.3 Å². The lowest BCUT2D eigenvalue weighted by Crippen LogP contribution is -2.37. The van der Waals surface area contributed by atoms with E-state index >= 15 is 0 Å². The van der Waals surface area contributed by atoms with Crippen LogP contribution >= 0.6 is 23.7 Å². The van der Waals surface area contributed by atoms with E-state index in [0.717, 1.165) is 6.42 Å². The van der Waals surface area contributed by atoms with E-state index in [1.54, 1.807) is 11.3 Å². The average Bonchev–Trinajstić information content (AvgIpc) is 2.50. The first-order valence-electron chi connectivity index (χ1n) is 4.66. The molecule has 86 valence electrons. The van der Waals surface area contributed by atoms with Gasteiger partial charge >= 0.3 is 0 Å². The lowest BCUT2D eigenvalue weighted by Gasteiger charge is -2.11. The van der Waals surface area contributed by atoms with Crippen molar-refractivity contribution in [1.82, 2.24) is 5.32 Å². The Balaban J connectivity index is 0.00000196. The number of hydrogen-bond acceptors (Lipinski definition) is 3. The quantitative estimate of drug-likeness (QED) is 0.848. The van der Waals surface area contributed by atoms with Gasteiger partial charge in [0.25, 0.3) is 0 Å². The second kappa shape index (κ2) is 6.82. The van der Waals surface area contributed by atoms with Gasteiger partial charge in [0.15, 0.2) is 0 Å². The fourth-order valence-corrected chi connectivity index (χ4v) is 2.30. The van der Waals surface area contributed by atoms with Gasteiger partial charge in [-0.2, -0.15) is 0 Å². The van der Waals surface area contributed by atoms with Crippen molar-refractivity contribution in [2.75, 3.05) is 6.54 Å². The standard InChI is InChI=1S/C10H16N2OS.ClH/c1-7(12-10(13)6-11)5-9-4-3-8(2)14-9;/h3-4,7H,5-6,11H2,1-2H3,(H,12,13);1H. The molecule has 0 saturated carbocycles. The molecule has 0 aliphatic carbocycles. The third-order valence-corrected chi connectivity index (χ3v) is 2.92. The van der Waals surface area contributed by atoms with E-state index in [-0.39, 0.29) is 30.9 Å². The molecule has 15 heavy (non-hydrogen) atoms. The first-order chi connectivity index (χ1) is 6.61. The van der Waals surface area contributed by atoms with Crippen LogP contribution in [0.25, 0.3) is 0 Å². The molecule has 1 atom stereocenters. The lowest BCUT2D eigenvalue weighted by atomic mass is 10.2. The molecule has 0 aliphatic heterocycles. The van der Waals surface area contributed by atoms with E-state index in [1.165, 1.54) is 9.75 Å². The molecule has 3 nitrogen and oxygen atoms in total. The van der Waals surface area contributed by atoms with Gasteiger partial charge < -0.3 is 11.1 Å². The Morgan fingerprint density at radius 2 is 2.27 bits per heavy atom. The van der Waals surface area contributed by atoms with Crippen molar-refractivity contribution < 1.29 is 4.79 Å². The van der Waals surface area contributed by atoms with Crippen LogP contribution in [-0.2, 0) is 11.2 Å². The monoisotopic (exact) mass is 248 g/mol. The molecule has 0 saturated heterocycles. The van der Waals surface area contributed by atoms with Crippen molar-refractivity contribution in [2.24, 2.45) is 5.73 Å². The SMILES string of the molecule is Cc1ccc(CC(C)NC(=O)CN)s1.Cl. The van der Waals surface area contributed by atoms with Crippen LogP contribution in [0.3, 0.4) is 0 Å². The Labute approximate surface area is 100 Å². The largest absolute Gasteiger partial charge is 0.352 e. The van der Waals surface area contributed by atoms with Gasteiger partial charge in [0.05, 0.1) is 6.54 Å². The van der Waals surface area contributed by atoms with Gasteiger partial charge in [-0.3, -0.25) is 4.79 Å². The van der Waals surface area contributed by atoms with Gasteiger partial charge in [0.1, 0.15) is 0 Å². The van der Waals surface area contributed by atoms with Crippen molar-refractivity contribution in [3.8, 4) is 0 Å². The van der Waals surface area contributed by atoms with Gasteiger partial charge in [-0.25, -0.2) is 0 Å². The highest BCUT2D eigenvalue weighted by molar-refractivity contribution is 7.11. The van der Waals surface area contributed by atoms with Crippen molar-refractivity contribution in [3.63, 3.8) is 0 Å². The number of carbonyl (C=O) groups is 1. The highest BCUT2D eigenvalue weighted by Gasteiger charge is 2.07. The summed E-state index contributed by atoms with van der Waals surface area (Å²) in [6.45, 7) is 4.13. The van der Waals surface area contributed by atoms with Crippen molar-refractivity contribution in [3.05, 3.63) is 21.9 Å². The minimum atomic E-state index is -0.0919. The number of halogens is 1. The molecule has 1 aromatic rings. The smallest absolute Gasteiger partial charge is 0.233 e. The molecule has 1 amide bonds. The molecule has 1 rings (SSSR count). The summed E-state index contributed by atoms with van der Waals surface area (Å²) in [7, 11) is 0. The second-order valence-electron chi connectivity index (χ2n) is 3.39. The Morgan fingerprint density at radius 3 is 2.73 bits per heavy atom. The van der Waals surface area contributed by atoms with E-state index < -0.39 is 0 Å². The van der Waals surface area contributed by atoms with Crippen LogP contribution in [0.2, 0.25) is 0 Å². The molecule has 0 radical (unpaired) electrons. The van der Waals surface area contributed by atoms with Crippen LogP contribution < -0.4 is 11.1 Å². The van der Waals surface area contributed by atoms with Gasteiger partial charge in [-0.1, -0.05) is 0 Å². The minimum absolute atomic E-state index is 0. The van der Waals surface area contributed by atoms with Crippen LogP contribution in [0, 0.1) is 6.92 Å². The molecule has 0 fully saturated rings. The predicted octanol–water partition coefficient (Wildman–Crippen LogP) is 1.48. The fraction of sp³-hybridized carbons (Fsp3) is 0.500. The van der Waals surface area contributed by atoms with E-state index in [1.807, 2.05) is 6.92 Å². The molecule has 1 heterocycles. The molecule has 0 aromatic carbocycles. The first-order valence-corrected chi connectivity index (χ1v) is 5.48. The molecular formula is C10H17ClN2OS. The molecule has 5 heteroatoms. The zero-order valence-corrected chi connectivity index (χ0v) is 10.6. The number of thiophene rings is 1. The maximum Gasteiger partial charge on any atom is 0.233 e. The first kappa shape index (κ1) is 14.4. The lowest BCUT2D eigenvalue weighted by molar-refractivity contribution is -0.120. The zero-order chi connectivity index (χ0) is 10.6. The molecule has 1 unspecified atom stereocenters. The van der Waals surface area contributed by atoms with Crippen LogP contribution in [0.15, 0.2) is 12.1 Å². The van der Waals surface area contributed by atoms with E-state index in [4.69, 9.17) is 5.73 Å². The van der Waals surface area contributed by atoms with E-state index in [9.17, 15) is 4.79 Å². The molecule has 1 aromatic heterocycles. The van der Waals surface area contributed by atoms with Crippen molar-refractivity contribution >= 4 is 29.7 Å². The molecular weight excluding hydrogens is 232 g/mol. The summed E-state index contributed by atoms with van der Waals surface area (Å²) in [6.07, 6.45) is 0.879. The van der Waals surface area contributed by atoms with Crippen LogP contribution in [-0.4, -0.2) is 18.5 Å². The van der Waals surface area contributed by atoms with E-state index in [0.29, 0.717) is 0 Å². The predicted molar refractivity (Wildman–Crippen MR) is 66.7 cm³/mol. The third-order valence-electron chi connectivity index (χ3n) is 1.90. The summed E-state index contributed by atoms with van der Waals surface area (Å²) in [5, 5.41) is 2.83. The highest BCUT2D eigenvalue weighted by Crippen LogP contribution is 2.16.